The molecule has 190 valence electrons. The first-order chi connectivity index (χ1) is 17.6. The van der Waals surface area contributed by atoms with E-state index in [-0.39, 0.29) is 33.0 Å². The van der Waals surface area contributed by atoms with Gasteiger partial charge in [-0.15, -0.1) is 0 Å². The summed E-state index contributed by atoms with van der Waals surface area (Å²) in [6.45, 7) is 0.160. The van der Waals surface area contributed by atoms with Gasteiger partial charge in [-0.25, -0.2) is 0 Å². The van der Waals surface area contributed by atoms with E-state index >= 15 is 0 Å². The minimum Gasteiger partial charge on any atom is -0.493 e. The van der Waals surface area contributed by atoms with Crippen molar-refractivity contribution in [1.29, 1.82) is 0 Å². The van der Waals surface area contributed by atoms with Gasteiger partial charge in [0.05, 0.1) is 22.8 Å². The summed E-state index contributed by atoms with van der Waals surface area (Å²) in [5.74, 6) is -0.543. The molecule has 1 saturated heterocycles. The second-order valence-electron chi connectivity index (χ2n) is 7.58. The van der Waals surface area contributed by atoms with Crippen LogP contribution >= 0.6 is 74.6 Å². The molecule has 0 unspecified atom stereocenters. The van der Waals surface area contributed by atoms with Gasteiger partial charge in [-0.1, -0.05) is 74.5 Å². The van der Waals surface area contributed by atoms with E-state index in [0.29, 0.717) is 31.6 Å². The second-order valence-corrected chi connectivity index (χ2v) is 10.4. The molecule has 6 nitrogen and oxygen atoms in total. The largest absolute Gasteiger partial charge is 0.493 e. The Hall–Kier alpha value is -2.33. The van der Waals surface area contributed by atoms with Crippen molar-refractivity contribution in [2.75, 3.05) is 12.0 Å². The molecule has 0 atom stereocenters. The minimum atomic E-state index is -0.665. The third-order valence-corrected chi connectivity index (χ3v) is 7.62. The summed E-state index contributed by atoms with van der Waals surface area (Å²) in [7, 11) is 1.47. The Bertz CT molecular complexity index is 1480. The van der Waals surface area contributed by atoms with Gasteiger partial charge in [-0.05, 0) is 60.3 Å². The number of ether oxygens (including phenoxy) is 2. The molecule has 0 aromatic heterocycles. The van der Waals surface area contributed by atoms with Gasteiger partial charge in [0.15, 0.2) is 16.6 Å². The Morgan fingerprint density at radius 3 is 2.49 bits per heavy atom. The van der Waals surface area contributed by atoms with Crippen molar-refractivity contribution in [2.24, 2.45) is 0 Å². The van der Waals surface area contributed by atoms with Crippen molar-refractivity contribution >= 4 is 103 Å². The Morgan fingerprint density at radius 1 is 1.03 bits per heavy atom. The Morgan fingerprint density at radius 2 is 1.78 bits per heavy atom. The average Bonchev–Trinajstić information content (AvgIpc) is 2.84. The molecule has 37 heavy (non-hydrogen) atoms. The summed E-state index contributed by atoms with van der Waals surface area (Å²) >= 11 is 33.3. The number of hydrogen-bond acceptors (Lipinski definition) is 5. The van der Waals surface area contributed by atoms with Gasteiger partial charge >= 0.3 is 0 Å². The Balaban J connectivity index is 1.66. The van der Waals surface area contributed by atoms with Gasteiger partial charge in [0, 0.05) is 20.1 Å². The highest BCUT2D eigenvalue weighted by molar-refractivity contribution is 9.10. The molecule has 1 heterocycles. The highest BCUT2D eigenvalue weighted by atomic mass is 79.9. The van der Waals surface area contributed by atoms with Crippen molar-refractivity contribution in [1.82, 2.24) is 5.32 Å². The van der Waals surface area contributed by atoms with Crippen LogP contribution in [0.25, 0.3) is 6.08 Å². The highest BCUT2D eigenvalue weighted by Crippen LogP contribution is 2.37. The number of thiocarbonyl (C=S) groups is 1. The standard InChI is InChI=1S/C25H15BrCl4N2O4S/c1-35-20-8-13(16(26)10-21(20)36-11-12-5-6-14(27)9-18(12)29)7-15-23(33)31-25(37)32(24(15)34)19-4-2-3-17(28)22(19)30/h2-10H,11H2,1H3,(H,31,33,37)/b15-7+. The normalized spacial score (nSPS) is 14.7. The third-order valence-electron chi connectivity index (χ3n) is 5.25. The predicted octanol–water partition coefficient (Wildman–Crippen LogP) is 7.48. The number of nitrogens with one attached hydrogen (secondary N) is 1. The summed E-state index contributed by atoms with van der Waals surface area (Å²) in [5, 5.41) is 3.75. The fraction of sp³-hybridized carbons (Fsp3) is 0.0800. The lowest BCUT2D eigenvalue weighted by atomic mass is 10.1. The van der Waals surface area contributed by atoms with Gasteiger partial charge in [-0.3, -0.25) is 19.8 Å². The Labute approximate surface area is 246 Å². The van der Waals surface area contributed by atoms with Gasteiger partial charge in [-0.2, -0.15) is 0 Å². The van der Waals surface area contributed by atoms with Crippen molar-refractivity contribution in [3.8, 4) is 11.5 Å². The summed E-state index contributed by atoms with van der Waals surface area (Å²) in [4.78, 5) is 27.2. The highest BCUT2D eigenvalue weighted by Gasteiger charge is 2.36. The molecule has 3 aromatic rings. The summed E-state index contributed by atoms with van der Waals surface area (Å²) in [6, 6.07) is 13.2. The zero-order valence-corrected chi connectivity index (χ0v) is 24.2. The zero-order chi connectivity index (χ0) is 26.9. The van der Waals surface area contributed by atoms with E-state index in [4.69, 9.17) is 68.1 Å². The fourth-order valence-electron chi connectivity index (χ4n) is 3.42. The Kier molecular flexibility index (Phi) is 8.68. The van der Waals surface area contributed by atoms with Crippen LogP contribution in [0, 0.1) is 0 Å². The molecule has 0 saturated carbocycles. The van der Waals surface area contributed by atoms with Crippen LogP contribution in [0.4, 0.5) is 5.69 Å². The van der Waals surface area contributed by atoms with Crippen LogP contribution in [0.1, 0.15) is 11.1 Å². The molecular weight excluding hydrogens is 646 g/mol. The van der Waals surface area contributed by atoms with E-state index in [9.17, 15) is 9.59 Å². The quantitative estimate of drug-likeness (QED) is 0.169. The SMILES string of the molecule is COc1cc(/C=C2\C(=O)NC(=S)N(c3cccc(Cl)c3Cl)C2=O)c(Br)cc1OCc1ccc(Cl)cc1Cl. The topological polar surface area (TPSA) is 67.9 Å². The number of carbonyl (C=O) groups is 2. The van der Waals surface area contributed by atoms with Crippen molar-refractivity contribution in [2.45, 2.75) is 6.61 Å². The summed E-state index contributed by atoms with van der Waals surface area (Å²) < 4.78 is 11.9. The molecule has 2 amide bonds. The van der Waals surface area contributed by atoms with E-state index in [1.807, 2.05) is 0 Å². The number of carbonyl (C=O) groups excluding carboxylic acids is 2. The number of methoxy groups -OCH3 is 1. The van der Waals surface area contributed by atoms with E-state index in [1.165, 1.54) is 13.2 Å². The molecule has 0 radical (unpaired) electrons. The van der Waals surface area contributed by atoms with Crippen LogP contribution in [0.2, 0.25) is 20.1 Å². The van der Waals surface area contributed by atoms with Crippen LogP contribution < -0.4 is 19.7 Å². The van der Waals surface area contributed by atoms with E-state index in [2.05, 4.69) is 21.2 Å². The second kappa shape index (κ2) is 11.6. The number of hydrogen-bond donors (Lipinski definition) is 1. The maximum Gasteiger partial charge on any atom is 0.270 e. The lowest BCUT2D eigenvalue weighted by Crippen LogP contribution is -2.54. The smallest absolute Gasteiger partial charge is 0.270 e. The molecule has 1 aliphatic heterocycles. The zero-order valence-electron chi connectivity index (χ0n) is 18.8. The van der Waals surface area contributed by atoms with Crippen LogP contribution in [0.3, 0.4) is 0 Å². The summed E-state index contributed by atoms with van der Waals surface area (Å²) in [6.07, 6.45) is 1.41. The first-order valence-electron chi connectivity index (χ1n) is 10.4. The maximum absolute atomic E-state index is 13.4. The third kappa shape index (κ3) is 5.90. The molecule has 12 heteroatoms. The number of halogens is 5. The predicted molar refractivity (Wildman–Crippen MR) is 154 cm³/mol. The minimum absolute atomic E-state index is 0.113. The van der Waals surface area contributed by atoms with Crippen LogP contribution in [0.15, 0.2) is 58.6 Å². The first-order valence-corrected chi connectivity index (χ1v) is 13.1. The van der Waals surface area contributed by atoms with Crippen LogP contribution in [-0.2, 0) is 16.2 Å². The monoisotopic (exact) mass is 658 g/mol. The van der Waals surface area contributed by atoms with Gasteiger partial charge in [0.2, 0.25) is 0 Å². The first kappa shape index (κ1) is 27.7. The summed E-state index contributed by atoms with van der Waals surface area (Å²) in [5.41, 5.74) is 1.29. The number of benzene rings is 3. The van der Waals surface area contributed by atoms with Gasteiger partial charge in [0.25, 0.3) is 11.8 Å². The number of nitrogens with zero attached hydrogens (tertiary/aromatic N) is 1. The molecule has 1 aliphatic rings. The molecule has 0 aliphatic carbocycles. The molecule has 3 aromatic carbocycles. The molecular formula is C25H15BrCl4N2O4S. The number of rotatable bonds is 6. The van der Waals surface area contributed by atoms with Crippen molar-refractivity contribution in [3.05, 3.63) is 89.8 Å². The number of amides is 2. The van der Waals surface area contributed by atoms with Crippen LogP contribution in [-0.4, -0.2) is 24.0 Å². The van der Waals surface area contributed by atoms with Crippen molar-refractivity contribution in [3.63, 3.8) is 0 Å². The lowest BCUT2D eigenvalue weighted by molar-refractivity contribution is -0.122. The molecule has 0 spiro atoms. The molecule has 4 rings (SSSR count). The molecule has 1 N–H and O–H groups in total. The average molecular weight is 661 g/mol. The van der Waals surface area contributed by atoms with Gasteiger partial charge < -0.3 is 9.47 Å². The van der Waals surface area contributed by atoms with E-state index in [0.717, 1.165) is 10.5 Å². The fourth-order valence-corrected chi connectivity index (χ4v) is 4.98. The van der Waals surface area contributed by atoms with Crippen LogP contribution in [0.5, 0.6) is 11.5 Å². The van der Waals surface area contributed by atoms with Gasteiger partial charge in [0.1, 0.15) is 12.2 Å². The molecule has 0 bridgehead atoms. The van der Waals surface area contributed by atoms with E-state index in [1.54, 1.807) is 48.5 Å². The van der Waals surface area contributed by atoms with Crippen molar-refractivity contribution < 1.29 is 19.1 Å². The number of anilines is 1. The molecule has 1 fully saturated rings. The lowest BCUT2D eigenvalue weighted by Gasteiger charge is -2.29. The maximum atomic E-state index is 13.4. The van der Waals surface area contributed by atoms with E-state index < -0.39 is 11.8 Å².